The van der Waals surface area contributed by atoms with Gasteiger partial charge in [-0.15, -0.1) is 11.3 Å². The highest BCUT2D eigenvalue weighted by atomic mass is 32.1. The Hall–Kier alpha value is -3.39. The number of anilines is 1. The van der Waals surface area contributed by atoms with Crippen molar-refractivity contribution in [2.24, 2.45) is 0 Å². The van der Waals surface area contributed by atoms with Gasteiger partial charge in [0.1, 0.15) is 11.5 Å². The van der Waals surface area contributed by atoms with Crippen molar-refractivity contribution in [3.8, 4) is 22.6 Å². The molecule has 0 saturated heterocycles. The van der Waals surface area contributed by atoms with E-state index in [1.165, 1.54) is 23.6 Å². The highest BCUT2D eigenvalue weighted by molar-refractivity contribution is 7.14. The van der Waals surface area contributed by atoms with Crippen LogP contribution in [0.3, 0.4) is 0 Å². The van der Waals surface area contributed by atoms with E-state index >= 15 is 0 Å². The number of carbonyl (C=O) groups excluding carboxylic acids is 1. The molecule has 0 spiro atoms. The summed E-state index contributed by atoms with van der Waals surface area (Å²) in [4.78, 5) is 21.9. The lowest BCUT2D eigenvalue weighted by molar-refractivity contribution is 0.102. The Morgan fingerprint density at radius 1 is 1.20 bits per heavy atom. The van der Waals surface area contributed by atoms with Gasteiger partial charge >= 0.3 is 0 Å². The molecular formula is C22H20FN5OS. The number of aromatic nitrogens is 4. The number of halogens is 1. The maximum atomic E-state index is 14.5. The second kappa shape index (κ2) is 8.16. The van der Waals surface area contributed by atoms with E-state index in [0.29, 0.717) is 27.6 Å². The van der Waals surface area contributed by atoms with Crippen LogP contribution < -0.4 is 5.32 Å². The molecule has 0 aliphatic rings. The van der Waals surface area contributed by atoms with Crippen LogP contribution in [0.2, 0.25) is 0 Å². The van der Waals surface area contributed by atoms with Gasteiger partial charge in [0.25, 0.3) is 5.91 Å². The number of nitrogens with one attached hydrogen (secondary N) is 1. The molecule has 0 aliphatic heterocycles. The SMILES string of the molecule is Cc1cccnc1-c1csc(NC(=O)c2cnn(C(C)C)c2-c2ccccc2F)n1. The second-order valence-corrected chi connectivity index (χ2v) is 7.94. The molecule has 3 heterocycles. The first kappa shape index (κ1) is 19.9. The van der Waals surface area contributed by atoms with Crippen molar-refractivity contribution in [3.05, 3.63) is 71.1 Å². The first-order valence-corrected chi connectivity index (χ1v) is 10.3. The van der Waals surface area contributed by atoms with Gasteiger partial charge in [-0.05, 0) is 44.5 Å². The van der Waals surface area contributed by atoms with Gasteiger partial charge in [-0.1, -0.05) is 18.2 Å². The fourth-order valence-electron chi connectivity index (χ4n) is 3.20. The average Bonchev–Trinajstić information content (AvgIpc) is 3.36. The summed E-state index contributed by atoms with van der Waals surface area (Å²) < 4.78 is 16.2. The van der Waals surface area contributed by atoms with Crippen LogP contribution >= 0.6 is 11.3 Å². The van der Waals surface area contributed by atoms with Crippen molar-refractivity contribution in [3.63, 3.8) is 0 Å². The van der Waals surface area contributed by atoms with Gasteiger partial charge < -0.3 is 0 Å². The van der Waals surface area contributed by atoms with Crippen LogP contribution in [0, 0.1) is 12.7 Å². The van der Waals surface area contributed by atoms with Crippen molar-refractivity contribution < 1.29 is 9.18 Å². The number of carbonyl (C=O) groups is 1. The average molecular weight is 422 g/mol. The minimum Gasteiger partial charge on any atom is -0.298 e. The highest BCUT2D eigenvalue weighted by Gasteiger charge is 2.23. The Morgan fingerprint density at radius 3 is 2.73 bits per heavy atom. The smallest absolute Gasteiger partial charge is 0.261 e. The number of thiazole rings is 1. The fraction of sp³-hybridized carbons (Fsp3) is 0.182. The van der Waals surface area contributed by atoms with Gasteiger partial charge in [0.05, 0.1) is 23.1 Å². The summed E-state index contributed by atoms with van der Waals surface area (Å²) in [6.07, 6.45) is 3.18. The minimum absolute atomic E-state index is 0.0419. The lowest BCUT2D eigenvalue weighted by Crippen LogP contribution is -2.14. The zero-order valence-electron chi connectivity index (χ0n) is 16.8. The Morgan fingerprint density at radius 2 is 2.00 bits per heavy atom. The van der Waals surface area contributed by atoms with E-state index in [0.717, 1.165) is 11.3 Å². The first-order chi connectivity index (χ1) is 14.5. The molecule has 8 heteroatoms. The molecule has 0 unspecified atom stereocenters. The Balaban J connectivity index is 1.67. The normalized spacial score (nSPS) is 11.1. The summed E-state index contributed by atoms with van der Waals surface area (Å²) in [5, 5.41) is 9.43. The third-order valence-corrected chi connectivity index (χ3v) is 5.39. The van der Waals surface area contributed by atoms with Crippen LogP contribution in [0.25, 0.3) is 22.6 Å². The van der Waals surface area contributed by atoms with Crippen LogP contribution in [0.5, 0.6) is 0 Å². The summed E-state index contributed by atoms with van der Waals surface area (Å²) in [5.74, 6) is -0.796. The molecule has 4 rings (SSSR count). The number of hydrogen-bond acceptors (Lipinski definition) is 5. The van der Waals surface area contributed by atoms with Crippen LogP contribution in [-0.4, -0.2) is 25.7 Å². The molecule has 6 nitrogen and oxygen atoms in total. The van der Waals surface area contributed by atoms with Gasteiger partial charge in [0, 0.05) is 23.2 Å². The molecule has 0 saturated carbocycles. The number of amides is 1. The van der Waals surface area contributed by atoms with E-state index < -0.39 is 11.7 Å². The maximum absolute atomic E-state index is 14.5. The van der Waals surface area contributed by atoms with E-state index in [-0.39, 0.29) is 6.04 Å². The van der Waals surface area contributed by atoms with E-state index in [4.69, 9.17) is 0 Å². The summed E-state index contributed by atoms with van der Waals surface area (Å²) in [7, 11) is 0. The Labute approximate surface area is 177 Å². The van der Waals surface area contributed by atoms with Gasteiger partial charge in [-0.2, -0.15) is 5.10 Å². The summed E-state index contributed by atoms with van der Waals surface area (Å²) in [6, 6.07) is 10.2. The highest BCUT2D eigenvalue weighted by Crippen LogP contribution is 2.30. The number of nitrogens with zero attached hydrogens (tertiary/aromatic N) is 4. The van der Waals surface area contributed by atoms with E-state index in [1.807, 2.05) is 38.3 Å². The molecule has 1 N–H and O–H groups in total. The molecule has 1 aromatic carbocycles. The van der Waals surface area contributed by atoms with E-state index in [1.54, 1.807) is 29.1 Å². The summed E-state index contributed by atoms with van der Waals surface area (Å²) in [5.41, 5.74) is 3.53. The van der Waals surface area contributed by atoms with Crippen LogP contribution in [0.1, 0.15) is 35.8 Å². The van der Waals surface area contributed by atoms with Crippen molar-refractivity contribution in [2.75, 3.05) is 5.32 Å². The minimum atomic E-state index is -0.406. The molecular weight excluding hydrogens is 401 g/mol. The van der Waals surface area contributed by atoms with Gasteiger partial charge in [0.2, 0.25) is 0 Å². The Bertz CT molecular complexity index is 1210. The number of rotatable bonds is 5. The molecule has 0 radical (unpaired) electrons. The number of benzene rings is 1. The molecule has 4 aromatic rings. The largest absolute Gasteiger partial charge is 0.298 e. The van der Waals surface area contributed by atoms with Crippen molar-refractivity contribution in [1.82, 2.24) is 19.7 Å². The molecule has 1 amide bonds. The maximum Gasteiger partial charge on any atom is 0.261 e. The Kier molecular flexibility index (Phi) is 5.41. The topological polar surface area (TPSA) is 72.7 Å². The summed E-state index contributed by atoms with van der Waals surface area (Å²) in [6.45, 7) is 5.82. The van der Waals surface area contributed by atoms with E-state index in [9.17, 15) is 9.18 Å². The second-order valence-electron chi connectivity index (χ2n) is 7.09. The predicted molar refractivity (Wildman–Crippen MR) is 116 cm³/mol. The summed E-state index contributed by atoms with van der Waals surface area (Å²) >= 11 is 1.31. The van der Waals surface area contributed by atoms with Crippen molar-refractivity contribution >= 4 is 22.4 Å². The lowest BCUT2D eigenvalue weighted by atomic mass is 10.1. The lowest BCUT2D eigenvalue weighted by Gasteiger charge is -2.13. The molecule has 152 valence electrons. The fourth-order valence-corrected chi connectivity index (χ4v) is 3.89. The molecule has 0 atom stereocenters. The molecule has 30 heavy (non-hydrogen) atoms. The predicted octanol–water partition coefficient (Wildman–Crippen LogP) is 5.35. The standard InChI is InChI=1S/C22H20FN5OS/c1-13(2)28-20(15-8-4-5-9-17(15)23)16(11-25-28)21(29)27-22-26-18(12-30-22)19-14(3)7-6-10-24-19/h4-13H,1-3H3,(H,26,27,29). The molecule has 0 bridgehead atoms. The molecule has 0 aliphatic carbocycles. The zero-order chi connectivity index (χ0) is 21.3. The van der Waals surface area contributed by atoms with Gasteiger partial charge in [-0.25, -0.2) is 9.37 Å². The molecule has 3 aromatic heterocycles. The van der Waals surface area contributed by atoms with Crippen LogP contribution in [-0.2, 0) is 0 Å². The molecule has 0 fully saturated rings. The quantitative estimate of drug-likeness (QED) is 0.471. The first-order valence-electron chi connectivity index (χ1n) is 9.47. The van der Waals surface area contributed by atoms with Gasteiger partial charge in [0.15, 0.2) is 5.13 Å². The van der Waals surface area contributed by atoms with Crippen LogP contribution in [0.4, 0.5) is 9.52 Å². The monoisotopic (exact) mass is 421 g/mol. The van der Waals surface area contributed by atoms with Crippen LogP contribution in [0.15, 0.2) is 54.2 Å². The van der Waals surface area contributed by atoms with Crippen molar-refractivity contribution in [2.45, 2.75) is 26.8 Å². The number of hydrogen-bond donors (Lipinski definition) is 1. The van der Waals surface area contributed by atoms with Gasteiger partial charge in [-0.3, -0.25) is 19.8 Å². The number of aryl methyl sites for hydroxylation is 1. The zero-order valence-corrected chi connectivity index (χ0v) is 17.6. The number of pyridine rings is 1. The van der Waals surface area contributed by atoms with Crippen molar-refractivity contribution in [1.29, 1.82) is 0 Å². The third-order valence-electron chi connectivity index (χ3n) is 4.63. The third kappa shape index (κ3) is 3.73. The van der Waals surface area contributed by atoms with E-state index in [2.05, 4.69) is 20.4 Å².